The van der Waals surface area contributed by atoms with Crippen molar-refractivity contribution in [1.82, 2.24) is 16.0 Å². The van der Waals surface area contributed by atoms with Crippen LogP contribution < -0.4 is 16.0 Å². The van der Waals surface area contributed by atoms with Gasteiger partial charge in [0, 0.05) is 30.2 Å². The van der Waals surface area contributed by atoms with Crippen LogP contribution in [0.4, 0.5) is 0 Å². The Morgan fingerprint density at radius 1 is 1.12 bits per heavy atom. The molecule has 0 aromatic carbocycles. The Hall–Kier alpha value is -0.610. The number of carbonyl (C=O) groups is 1. The van der Waals surface area contributed by atoms with Crippen LogP contribution in [0.3, 0.4) is 0 Å². The molecule has 4 nitrogen and oxygen atoms in total. The van der Waals surface area contributed by atoms with E-state index in [1.54, 1.807) is 0 Å². The van der Waals surface area contributed by atoms with Crippen LogP contribution in [0.1, 0.15) is 40.5 Å². The van der Waals surface area contributed by atoms with Crippen molar-refractivity contribution in [2.75, 3.05) is 13.1 Å². The van der Waals surface area contributed by atoms with Crippen LogP contribution in [0.15, 0.2) is 0 Å². The summed E-state index contributed by atoms with van der Waals surface area (Å²) in [6.45, 7) is 10.5. The highest BCUT2D eigenvalue weighted by atomic mass is 16.2. The zero-order valence-electron chi connectivity index (χ0n) is 11.4. The van der Waals surface area contributed by atoms with Gasteiger partial charge in [0.1, 0.15) is 0 Å². The van der Waals surface area contributed by atoms with Crippen LogP contribution in [0, 0.1) is 5.92 Å². The lowest BCUT2D eigenvalue weighted by atomic mass is 9.79. The summed E-state index contributed by atoms with van der Waals surface area (Å²) < 4.78 is 0. The lowest BCUT2D eigenvalue weighted by molar-refractivity contribution is -0.127. The van der Waals surface area contributed by atoms with Crippen molar-refractivity contribution in [2.24, 2.45) is 5.92 Å². The molecular formula is C13H25N3O. The predicted molar refractivity (Wildman–Crippen MR) is 68.8 cm³/mol. The molecule has 0 aromatic heterocycles. The zero-order chi connectivity index (χ0) is 12.7. The number of hydrogen-bond acceptors (Lipinski definition) is 3. The minimum absolute atomic E-state index is 0.0948. The second kappa shape index (κ2) is 4.25. The summed E-state index contributed by atoms with van der Waals surface area (Å²) in [7, 11) is 0. The second-order valence-corrected chi connectivity index (χ2v) is 6.86. The molecular weight excluding hydrogens is 214 g/mol. The van der Waals surface area contributed by atoms with Gasteiger partial charge in [0.05, 0.1) is 5.92 Å². The summed E-state index contributed by atoms with van der Waals surface area (Å²) in [6, 6.07) is 0.300. The molecule has 0 saturated carbocycles. The smallest absolute Gasteiger partial charge is 0.225 e. The first kappa shape index (κ1) is 12.8. The third-order valence-corrected chi connectivity index (χ3v) is 3.69. The quantitative estimate of drug-likeness (QED) is 0.662. The number of amides is 1. The van der Waals surface area contributed by atoms with Gasteiger partial charge in [-0.05, 0) is 40.5 Å². The number of rotatable bonds is 2. The minimum Gasteiger partial charge on any atom is -0.353 e. The summed E-state index contributed by atoms with van der Waals surface area (Å²) in [5, 5.41) is 9.98. The lowest BCUT2D eigenvalue weighted by Gasteiger charge is -2.47. The van der Waals surface area contributed by atoms with Crippen molar-refractivity contribution >= 4 is 5.91 Å². The molecule has 2 heterocycles. The van der Waals surface area contributed by atoms with E-state index < -0.39 is 0 Å². The van der Waals surface area contributed by atoms with E-state index in [-0.39, 0.29) is 22.9 Å². The first-order valence-electron chi connectivity index (χ1n) is 6.58. The number of piperidine rings is 1. The lowest BCUT2D eigenvalue weighted by Crippen LogP contribution is -2.63. The molecule has 2 fully saturated rings. The molecule has 2 aliphatic rings. The molecule has 98 valence electrons. The topological polar surface area (TPSA) is 53.2 Å². The maximum Gasteiger partial charge on any atom is 0.225 e. The third kappa shape index (κ3) is 3.19. The molecule has 0 unspecified atom stereocenters. The van der Waals surface area contributed by atoms with Crippen LogP contribution in [0.2, 0.25) is 0 Å². The highest BCUT2D eigenvalue weighted by Gasteiger charge is 2.39. The molecule has 4 heteroatoms. The van der Waals surface area contributed by atoms with Crippen molar-refractivity contribution in [3.05, 3.63) is 0 Å². The molecule has 1 amide bonds. The minimum atomic E-state index is 0.0948. The Labute approximate surface area is 104 Å². The van der Waals surface area contributed by atoms with Crippen LogP contribution in [-0.4, -0.2) is 36.1 Å². The molecule has 2 aliphatic heterocycles. The second-order valence-electron chi connectivity index (χ2n) is 6.86. The Morgan fingerprint density at radius 3 is 2.06 bits per heavy atom. The van der Waals surface area contributed by atoms with E-state index >= 15 is 0 Å². The van der Waals surface area contributed by atoms with E-state index in [4.69, 9.17) is 0 Å². The van der Waals surface area contributed by atoms with Gasteiger partial charge in [0.15, 0.2) is 0 Å². The van der Waals surface area contributed by atoms with Crippen molar-refractivity contribution in [2.45, 2.75) is 57.7 Å². The number of carbonyl (C=O) groups excluding carboxylic acids is 1. The fourth-order valence-electron chi connectivity index (χ4n) is 3.22. The Kier molecular flexibility index (Phi) is 3.21. The third-order valence-electron chi connectivity index (χ3n) is 3.69. The maximum atomic E-state index is 11.9. The van der Waals surface area contributed by atoms with E-state index in [2.05, 4.69) is 43.6 Å². The van der Waals surface area contributed by atoms with Crippen LogP contribution in [0.5, 0.6) is 0 Å². The van der Waals surface area contributed by atoms with Gasteiger partial charge in [-0.1, -0.05) is 0 Å². The summed E-state index contributed by atoms with van der Waals surface area (Å²) in [5.74, 6) is 0.415. The normalized spacial score (nSPS) is 28.5. The van der Waals surface area contributed by atoms with Gasteiger partial charge in [-0.2, -0.15) is 0 Å². The summed E-state index contributed by atoms with van der Waals surface area (Å²) in [4.78, 5) is 11.9. The van der Waals surface area contributed by atoms with Crippen molar-refractivity contribution in [3.8, 4) is 0 Å². The van der Waals surface area contributed by atoms with E-state index in [0.29, 0.717) is 6.04 Å². The van der Waals surface area contributed by atoms with E-state index in [1.165, 1.54) is 0 Å². The highest BCUT2D eigenvalue weighted by molar-refractivity contribution is 5.80. The molecule has 0 aliphatic carbocycles. The summed E-state index contributed by atoms with van der Waals surface area (Å²) in [6.07, 6.45) is 2.00. The van der Waals surface area contributed by atoms with Crippen LogP contribution in [-0.2, 0) is 4.79 Å². The largest absolute Gasteiger partial charge is 0.353 e. The van der Waals surface area contributed by atoms with Gasteiger partial charge in [0.25, 0.3) is 0 Å². The first-order valence-corrected chi connectivity index (χ1v) is 6.58. The first-order chi connectivity index (χ1) is 7.77. The Balaban J connectivity index is 1.93. The van der Waals surface area contributed by atoms with Crippen LogP contribution in [0.25, 0.3) is 0 Å². The predicted octanol–water partition coefficient (Wildman–Crippen LogP) is 0.631. The van der Waals surface area contributed by atoms with Crippen LogP contribution >= 0.6 is 0 Å². The van der Waals surface area contributed by atoms with Crippen molar-refractivity contribution < 1.29 is 4.79 Å². The fourth-order valence-corrected chi connectivity index (χ4v) is 3.22. The van der Waals surface area contributed by atoms with E-state index in [9.17, 15) is 4.79 Å². The molecule has 2 rings (SSSR count). The molecule has 0 aromatic rings. The highest BCUT2D eigenvalue weighted by Crippen LogP contribution is 2.28. The zero-order valence-corrected chi connectivity index (χ0v) is 11.4. The van der Waals surface area contributed by atoms with E-state index in [0.717, 1.165) is 25.9 Å². The Bertz CT molecular complexity index is 292. The van der Waals surface area contributed by atoms with Gasteiger partial charge >= 0.3 is 0 Å². The van der Waals surface area contributed by atoms with Crippen molar-refractivity contribution in [1.29, 1.82) is 0 Å². The molecule has 0 bridgehead atoms. The van der Waals surface area contributed by atoms with Gasteiger partial charge in [-0.15, -0.1) is 0 Å². The van der Waals surface area contributed by atoms with Gasteiger partial charge in [-0.25, -0.2) is 0 Å². The summed E-state index contributed by atoms with van der Waals surface area (Å²) >= 11 is 0. The molecule has 2 saturated heterocycles. The average molecular weight is 239 g/mol. The van der Waals surface area contributed by atoms with Gasteiger partial charge in [-0.3, -0.25) is 4.79 Å². The van der Waals surface area contributed by atoms with Crippen molar-refractivity contribution in [3.63, 3.8) is 0 Å². The SMILES string of the molecule is CC1(C)CC(NC(=O)C2CNC2)CC(C)(C)N1. The molecule has 0 spiro atoms. The molecule has 0 atom stereocenters. The molecule has 17 heavy (non-hydrogen) atoms. The molecule has 3 N–H and O–H groups in total. The van der Waals surface area contributed by atoms with Gasteiger partial charge < -0.3 is 16.0 Å². The standard InChI is InChI=1S/C13H25N3O/c1-12(2)5-10(6-13(3,4)16-12)15-11(17)9-7-14-8-9/h9-10,14,16H,5-8H2,1-4H3,(H,15,17). The number of nitrogens with one attached hydrogen (secondary N) is 3. The monoisotopic (exact) mass is 239 g/mol. The average Bonchev–Trinajstić information content (AvgIpc) is 1.91. The maximum absolute atomic E-state index is 11.9. The Morgan fingerprint density at radius 2 is 1.65 bits per heavy atom. The van der Waals surface area contributed by atoms with E-state index in [1.807, 2.05) is 0 Å². The molecule has 0 radical (unpaired) electrons. The fraction of sp³-hybridized carbons (Fsp3) is 0.923. The van der Waals surface area contributed by atoms with Gasteiger partial charge in [0.2, 0.25) is 5.91 Å². The summed E-state index contributed by atoms with van der Waals surface area (Å²) in [5.41, 5.74) is 0.190. The number of hydrogen-bond donors (Lipinski definition) is 3.